The molecule has 1 heteroatoms. The smallest absolute Gasteiger partial charge is 0.0488 e. The van der Waals surface area contributed by atoms with Crippen LogP contribution >= 0.6 is 0 Å². The van der Waals surface area contributed by atoms with Gasteiger partial charge in [-0.2, -0.15) is 0 Å². The molecule has 0 aromatic heterocycles. The average Bonchev–Trinajstić information content (AvgIpc) is 1.56. The van der Waals surface area contributed by atoms with Crippen LogP contribution in [0.5, 0.6) is 0 Å². The van der Waals surface area contributed by atoms with Crippen LogP contribution in [0.3, 0.4) is 0 Å². The van der Waals surface area contributed by atoms with Crippen LogP contribution in [0.1, 0.15) is 32.6 Å². The number of rotatable bonds is 0. The van der Waals surface area contributed by atoms with E-state index >= 15 is 0 Å². The molecule has 0 aromatic carbocycles. The van der Waals surface area contributed by atoms with Crippen molar-refractivity contribution in [3.05, 3.63) is 0 Å². The highest BCUT2D eigenvalue weighted by Crippen LogP contribution is 2.24. The Kier molecular flexibility index (Phi) is 3.05. The Hall–Kier alpha value is -0.0400. The van der Waals surface area contributed by atoms with Crippen molar-refractivity contribution < 1.29 is 4.74 Å². The molecule has 9 heavy (non-hydrogen) atoms. The van der Waals surface area contributed by atoms with Crippen LogP contribution in [0.4, 0.5) is 0 Å². The summed E-state index contributed by atoms with van der Waals surface area (Å²) in [7, 11) is 0. The van der Waals surface area contributed by atoms with Crippen LogP contribution < -0.4 is 0 Å². The van der Waals surface area contributed by atoms with Gasteiger partial charge in [0.1, 0.15) is 0 Å². The molecule has 0 radical (unpaired) electrons. The number of hydrogen-bond acceptors (Lipinski definition) is 1. The Labute approximate surface area is 57.4 Å². The lowest BCUT2D eigenvalue weighted by Gasteiger charge is -2.18. The normalized spacial score (nSPS) is 25.0. The second-order valence-electron chi connectivity index (χ2n) is 3.00. The zero-order valence-electron chi connectivity index (χ0n) is 6.23. The zero-order valence-corrected chi connectivity index (χ0v) is 6.23. The quantitative estimate of drug-likeness (QED) is 0.486. The average molecular weight is 128 g/mol. The van der Waals surface area contributed by atoms with Gasteiger partial charge in [-0.15, -0.1) is 0 Å². The Morgan fingerprint density at radius 1 is 1.11 bits per heavy atom. The maximum Gasteiger partial charge on any atom is 0.0488 e. The SMILES string of the molecule is C1COC1.CC1CCC1. The maximum absolute atomic E-state index is 4.72. The molecule has 2 fully saturated rings. The molecule has 1 aliphatic carbocycles. The highest BCUT2D eigenvalue weighted by Gasteiger charge is 2.09. The molecular weight excluding hydrogens is 112 g/mol. The third-order valence-electron chi connectivity index (χ3n) is 1.97. The van der Waals surface area contributed by atoms with Crippen molar-refractivity contribution in [2.24, 2.45) is 5.92 Å². The molecule has 1 aliphatic heterocycles. The number of ether oxygens (including phenoxy) is 1. The van der Waals surface area contributed by atoms with E-state index in [4.69, 9.17) is 4.74 Å². The van der Waals surface area contributed by atoms with Crippen molar-refractivity contribution in [3.63, 3.8) is 0 Å². The van der Waals surface area contributed by atoms with Gasteiger partial charge in [0, 0.05) is 13.2 Å². The van der Waals surface area contributed by atoms with Crippen LogP contribution in [0.25, 0.3) is 0 Å². The monoisotopic (exact) mass is 128 g/mol. The third kappa shape index (κ3) is 2.85. The van der Waals surface area contributed by atoms with Crippen LogP contribution in [0, 0.1) is 5.92 Å². The second kappa shape index (κ2) is 3.89. The largest absolute Gasteiger partial charge is 0.381 e. The summed E-state index contributed by atoms with van der Waals surface area (Å²) in [4.78, 5) is 0. The first-order valence-electron chi connectivity index (χ1n) is 3.97. The van der Waals surface area contributed by atoms with Gasteiger partial charge in [-0.1, -0.05) is 26.2 Å². The first-order valence-corrected chi connectivity index (χ1v) is 3.97. The Morgan fingerprint density at radius 2 is 1.44 bits per heavy atom. The van der Waals surface area contributed by atoms with E-state index in [1.165, 1.54) is 25.7 Å². The topological polar surface area (TPSA) is 9.23 Å². The predicted molar refractivity (Wildman–Crippen MR) is 38.5 cm³/mol. The lowest BCUT2D eigenvalue weighted by Crippen LogP contribution is -2.09. The summed E-state index contributed by atoms with van der Waals surface area (Å²) in [6.07, 6.45) is 5.74. The van der Waals surface area contributed by atoms with Crippen molar-refractivity contribution in [1.82, 2.24) is 0 Å². The van der Waals surface area contributed by atoms with Gasteiger partial charge in [0.25, 0.3) is 0 Å². The summed E-state index contributed by atoms with van der Waals surface area (Å²) in [5.41, 5.74) is 0. The minimum atomic E-state index is 1.00. The molecule has 0 bridgehead atoms. The molecule has 1 heterocycles. The fourth-order valence-corrected chi connectivity index (χ4v) is 0.757. The summed E-state index contributed by atoms with van der Waals surface area (Å²) in [5.74, 6) is 1.06. The third-order valence-corrected chi connectivity index (χ3v) is 1.97. The van der Waals surface area contributed by atoms with Gasteiger partial charge < -0.3 is 4.74 Å². The highest BCUT2D eigenvalue weighted by molar-refractivity contribution is 4.62. The fourth-order valence-electron chi connectivity index (χ4n) is 0.757. The minimum absolute atomic E-state index is 1.00. The summed E-state index contributed by atoms with van der Waals surface area (Å²) in [6, 6.07) is 0. The van der Waals surface area contributed by atoms with E-state index in [1.807, 2.05) is 0 Å². The van der Waals surface area contributed by atoms with Gasteiger partial charge in [-0.25, -0.2) is 0 Å². The van der Waals surface area contributed by atoms with Crippen molar-refractivity contribution in [1.29, 1.82) is 0 Å². The van der Waals surface area contributed by atoms with E-state index in [-0.39, 0.29) is 0 Å². The molecule has 0 amide bonds. The van der Waals surface area contributed by atoms with Crippen molar-refractivity contribution in [2.75, 3.05) is 13.2 Å². The van der Waals surface area contributed by atoms with Gasteiger partial charge in [-0.3, -0.25) is 0 Å². The van der Waals surface area contributed by atoms with E-state index in [0.29, 0.717) is 0 Å². The second-order valence-corrected chi connectivity index (χ2v) is 3.00. The van der Waals surface area contributed by atoms with Gasteiger partial charge in [0.15, 0.2) is 0 Å². The molecule has 1 nitrogen and oxygen atoms in total. The fraction of sp³-hybridized carbons (Fsp3) is 1.00. The predicted octanol–water partition coefficient (Wildman–Crippen LogP) is 2.21. The number of hydrogen-bond donors (Lipinski definition) is 0. The first kappa shape index (κ1) is 7.07. The van der Waals surface area contributed by atoms with Crippen LogP contribution in [-0.4, -0.2) is 13.2 Å². The van der Waals surface area contributed by atoms with Gasteiger partial charge in [0.2, 0.25) is 0 Å². The lowest BCUT2D eigenvalue weighted by molar-refractivity contribution is 0.0367. The van der Waals surface area contributed by atoms with Crippen LogP contribution in [0.2, 0.25) is 0 Å². The lowest BCUT2D eigenvalue weighted by atomic mass is 9.88. The van der Waals surface area contributed by atoms with E-state index in [1.54, 1.807) is 0 Å². The van der Waals surface area contributed by atoms with Gasteiger partial charge in [-0.05, 0) is 12.3 Å². The van der Waals surface area contributed by atoms with Crippen molar-refractivity contribution in [3.8, 4) is 0 Å². The summed E-state index contributed by atoms with van der Waals surface area (Å²) in [5, 5.41) is 0. The van der Waals surface area contributed by atoms with Crippen molar-refractivity contribution in [2.45, 2.75) is 32.6 Å². The first-order chi connectivity index (χ1) is 4.39. The molecule has 0 atom stereocenters. The molecule has 1 saturated heterocycles. The van der Waals surface area contributed by atoms with Crippen molar-refractivity contribution >= 4 is 0 Å². The van der Waals surface area contributed by atoms with Crippen LogP contribution in [0.15, 0.2) is 0 Å². The Balaban J connectivity index is 0.0000000922. The molecule has 54 valence electrons. The molecule has 0 spiro atoms. The molecule has 2 rings (SSSR count). The zero-order chi connectivity index (χ0) is 6.53. The van der Waals surface area contributed by atoms with E-state index in [0.717, 1.165) is 19.1 Å². The Morgan fingerprint density at radius 3 is 1.44 bits per heavy atom. The van der Waals surface area contributed by atoms with Gasteiger partial charge in [0.05, 0.1) is 0 Å². The maximum atomic E-state index is 4.72. The molecule has 0 aromatic rings. The van der Waals surface area contributed by atoms with E-state index in [2.05, 4.69) is 6.92 Å². The molecule has 2 aliphatic rings. The summed E-state index contributed by atoms with van der Waals surface area (Å²) in [6.45, 7) is 4.31. The van der Waals surface area contributed by atoms with Crippen LogP contribution in [-0.2, 0) is 4.74 Å². The summed E-state index contributed by atoms with van der Waals surface area (Å²) < 4.78 is 4.72. The van der Waals surface area contributed by atoms with Gasteiger partial charge >= 0.3 is 0 Å². The molecule has 0 N–H and O–H groups in total. The standard InChI is InChI=1S/C5H10.C3H6O/c1-5-3-2-4-5;1-2-4-3-1/h5H,2-4H2,1H3;1-3H2. The Bertz CT molecular complexity index is 59.0. The molecular formula is C8H16O. The minimum Gasteiger partial charge on any atom is -0.381 e. The molecule has 1 saturated carbocycles. The summed E-state index contributed by atoms with van der Waals surface area (Å²) >= 11 is 0. The highest BCUT2D eigenvalue weighted by atomic mass is 16.5. The van der Waals surface area contributed by atoms with E-state index in [9.17, 15) is 0 Å². The molecule has 0 unspecified atom stereocenters. The van der Waals surface area contributed by atoms with E-state index < -0.39 is 0 Å².